The van der Waals surface area contributed by atoms with E-state index >= 15 is 0 Å². The second-order valence-electron chi connectivity index (χ2n) is 3.04. The van der Waals surface area contributed by atoms with Gasteiger partial charge in [-0.1, -0.05) is 0 Å². The monoisotopic (exact) mass is 261 g/mol. The van der Waals surface area contributed by atoms with E-state index in [9.17, 15) is 4.39 Å². The van der Waals surface area contributed by atoms with Crippen molar-refractivity contribution < 1.29 is 13.9 Å². The van der Waals surface area contributed by atoms with E-state index in [0.717, 1.165) is 6.42 Å². The van der Waals surface area contributed by atoms with Crippen molar-refractivity contribution in [3.8, 4) is 5.88 Å². The average Bonchev–Trinajstić information content (AvgIpc) is 2.62. The Morgan fingerprint density at radius 3 is 3.14 bits per heavy atom. The van der Waals surface area contributed by atoms with E-state index in [4.69, 9.17) is 9.47 Å². The number of ether oxygens (including phenoxy) is 2. The van der Waals surface area contributed by atoms with Crippen molar-refractivity contribution in [1.82, 2.24) is 4.98 Å². The van der Waals surface area contributed by atoms with E-state index in [2.05, 4.69) is 20.9 Å². The van der Waals surface area contributed by atoms with Gasteiger partial charge >= 0.3 is 0 Å². The fourth-order valence-electron chi connectivity index (χ4n) is 1.25. The summed E-state index contributed by atoms with van der Waals surface area (Å²) in [5.74, 6) is -0.407. The van der Waals surface area contributed by atoms with E-state index < -0.39 is 5.82 Å². The zero-order chi connectivity index (χ0) is 9.97. The number of rotatable bonds is 2. The van der Waals surface area contributed by atoms with Gasteiger partial charge in [-0.05, 0) is 22.0 Å². The maximum atomic E-state index is 13.2. The standard InChI is InChI=1S/C9H9BrFNO2/c10-6-3-8(11)9(12-4-6)14-7-1-2-13-5-7/h3-4,7H,1-2,5H2. The summed E-state index contributed by atoms with van der Waals surface area (Å²) in [7, 11) is 0. The number of pyridine rings is 1. The lowest BCUT2D eigenvalue weighted by molar-refractivity contribution is 0.134. The zero-order valence-corrected chi connectivity index (χ0v) is 8.96. The molecule has 0 saturated carbocycles. The van der Waals surface area contributed by atoms with Crippen LogP contribution in [0.3, 0.4) is 0 Å². The minimum atomic E-state index is -0.453. The third-order valence-corrected chi connectivity index (χ3v) is 2.37. The van der Waals surface area contributed by atoms with Gasteiger partial charge in [-0.25, -0.2) is 9.37 Å². The third kappa shape index (κ3) is 2.22. The van der Waals surface area contributed by atoms with Gasteiger partial charge in [0.05, 0.1) is 13.2 Å². The van der Waals surface area contributed by atoms with Gasteiger partial charge in [0, 0.05) is 17.1 Å². The van der Waals surface area contributed by atoms with Crippen LogP contribution in [0.15, 0.2) is 16.7 Å². The second kappa shape index (κ2) is 4.23. The Kier molecular flexibility index (Phi) is 2.98. The quantitative estimate of drug-likeness (QED) is 0.818. The van der Waals surface area contributed by atoms with Crippen molar-refractivity contribution >= 4 is 15.9 Å². The molecule has 0 aromatic carbocycles. The molecular weight excluding hydrogens is 253 g/mol. The molecule has 1 saturated heterocycles. The lowest BCUT2D eigenvalue weighted by Crippen LogP contribution is -2.17. The predicted molar refractivity (Wildman–Crippen MR) is 51.7 cm³/mol. The Morgan fingerprint density at radius 2 is 2.50 bits per heavy atom. The Hall–Kier alpha value is -0.680. The van der Waals surface area contributed by atoms with Crippen LogP contribution in [-0.2, 0) is 4.74 Å². The summed E-state index contributed by atoms with van der Waals surface area (Å²) >= 11 is 3.13. The summed E-state index contributed by atoms with van der Waals surface area (Å²) in [5.41, 5.74) is 0. The maximum Gasteiger partial charge on any atom is 0.250 e. The first-order chi connectivity index (χ1) is 6.75. The summed E-state index contributed by atoms with van der Waals surface area (Å²) in [6.45, 7) is 1.18. The molecule has 1 aromatic heterocycles. The first-order valence-corrected chi connectivity index (χ1v) is 5.10. The minimum absolute atomic E-state index is 0.0451. The van der Waals surface area contributed by atoms with Gasteiger partial charge in [-0.15, -0.1) is 0 Å². The number of hydrogen-bond acceptors (Lipinski definition) is 3. The van der Waals surface area contributed by atoms with Gasteiger partial charge in [-0.2, -0.15) is 0 Å². The topological polar surface area (TPSA) is 31.4 Å². The molecule has 1 unspecified atom stereocenters. The Morgan fingerprint density at radius 1 is 1.64 bits per heavy atom. The highest BCUT2D eigenvalue weighted by Crippen LogP contribution is 2.20. The first kappa shape index (κ1) is 9.86. The van der Waals surface area contributed by atoms with Crippen LogP contribution in [0.4, 0.5) is 4.39 Å². The average molecular weight is 262 g/mol. The van der Waals surface area contributed by atoms with Crippen molar-refractivity contribution in [1.29, 1.82) is 0 Å². The fourth-order valence-corrected chi connectivity index (χ4v) is 1.56. The molecule has 1 fully saturated rings. The highest BCUT2D eigenvalue weighted by atomic mass is 79.9. The van der Waals surface area contributed by atoms with E-state index in [-0.39, 0.29) is 12.0 Å². The fraction of sp³-hybridized carbons (Fsp3) is 0.444. The van der Waals surface area contributed by atoms with Crippen LogP contribution in [0, 0.1) is 5.82 Å². The zero-order valence-electron chi connectivity index (χ0n) is 7.37. The lowest BCUT2D eigenvalue weighted by Gasteiger charge is -2.10. The molecule has 14 heavy (non-hydrogen) atoms. The van der Waals surface area contributed by atoms with Crippen LogP contribution in [-0.4, -0.2) is 24.3 Å². The molecular formula is C9H9BrFNO2. The molecule has 2 rings (SSSR count). The molecule has 0 amide bonds. The van der Waals surface area contributed by atoms with Gasteiger partial charge in [0.1, 0.15) is 6.10 Å². The van der Waals surface area contributed by atoms with Crippen molar-refractivity contribution in [2.24, 2.45) is 0 Å². The molecule has 1 atom stereocenters. The van der Waals surface area contributed by atoms with E-state index in [1.165, 1.54) is 12.3 Å². The SMILES string of the molecule is Fc1cc(Br)cnc1OC1CCOC1. The van der Waals surface area contributed by atoms with Crippen molar-refractivity contribution in [3.63, 3.8) is 0 Å². The van der Waals surface area contributed by atoms with Gasteiger partial charge < -0.3 is 9.47 Å². The van der Waals surface area contributed by atoms with Gasteiger partial charge in [0.2, 0.25) is 0 Å². The molecule has 0 aliphatic carbocycles. The Bertz CT molecular complexity index is 329. The molecule has 0 N–H and O–H groups in total. The number of hydrogen-bond donors (Lipinski definition) is 0. The van der Waals surface area contributed by atoms with Crippen LogP contribution in [0.25, 0.3) is 0 Å². The molecule has 0 bridgehead atoms. The van der Waals surface area contributed by atoms with Crippen LogP contribution in [0.2, 0.25) is 0 Å². The van der Waals surface area contributed by atoms with E-state index in [0.29, 0.717) is 17.7 Å². The van der Waals surface area contributed by atoms with Crippen molar-refractivity contribution in [3.05, 3.63) is 22.6 Å². The minimum Gasteiger partial charge on any atom is -0.470 e. The number of nitrogens with zero attached hydrogens (tertiary/aromatic N) is 1. The van der Waals surface area contributed by atoms with Crippen LogP contribution in [0.5, 0.6) is 5.88 Å². The predicted octanol–water partition coefficient (Wildman–Crippen LogP) is 2.15. The number of aromatic nitrogens is 1. The van der Waals surface area contributed by atoms with Crippen molar-refractivity contribution in [2.45, 2.75) is 12.5 Å². The van der Waals surface area contributed by atoms with E-state index in [1.54, 1.807) is 0 Å². The molecule has 1 aromatic rings. The smallest absolute Gasteiger partial charge is 0.250 e. The molecule has 3 nitrogen and oxygen atoms in total. The maximum absolute atomic E-state index is 13.2. The molecule has 1 aliphatic rings. The summed E-state index contributed by atoms with van der Waals surface area (Å²) < 4.78 is 24.3. The molecule has 2 heterocycles. The Balaban J connectivity index is 2.08. The first-order valence-electron chi connectivity index (χ1n) is 4.31. The largest absolute Gasteiger partial charge is 0.470 e. The van der Waals surface area contributed by atoms with Crippen molar-refractivity contribution in [2.75, 3.05) is 13.2 Å². The summed E-state index contributed by atoms with van der Waals surface area (Å²) in [6, 6.07) is 1.33. The lowest BCUT2D eigenvalue weighted by atomic mass is 10.3. The van der Waals surface area contributed by atoms with E-state index in [1.807, 2.05) is 0 Å². The molecule has 76 valence electrons. The molecule has 0 spiro atoms. The van der Waals surface area contributed by atoms with Gasteiger partial charge in [-0.3, -0.25) is 0 Å². The van der Waals surface area contributed by atoms with Gasteiger partial charge in [0.25, 0.3) is 5.88 Å². The second-order valence-corrected chi connectivity index (χ2v) is 3.96. The highest BCUT2D eigenvalue weighted by Gasteiger charge is 2.19. The Labute approximate surface area is 89.4 Å². The highest BCUT2D eigenvalue weighted by molar-refractivity contribution is 9.10. The summed E-state index contributed by atoms with van der Waals surface area (Å²) in [6.07, 6.45) is 2.23. The number of halogens is 2. The van der Waals surface area contributed by atoms with Gasteiger partial charge in [0.15, 0.2) is 5.82 Å². The normalized spacial score (nSPS) is 21.1. The molecule has 1 aliphatic heterocycles. The summed E-state index contributed by atoms with van der Waals surface area (Å²) in [4.78, 5) is 3.84. The van der Waals surface area contributed by atoms with Crippen LogP contribution in [0.1, 0.15) is 6.42 Å². The summed E-state index contributed by atoms with van der Waals surface area (Å²) in [5, 5.41) is 0. The molecule has 5 heteroatoms. The molecule has 0 radical (unpaired) electrons. The van der Waals surface area contributed by atoms with Crippen LogP contribution >= 0.6 is 15.9 Å². The van der Waals surface area contributed by atoms with Crippen LogP contribution < -0.4 is 4.74 Å². The third-order valence-electron chi connectivity index (χ3n) is 1.94.